The number of benzene rings is 1. The van der Waals surface area contributed by atoms with Gasteiger partial charge in [0.05, 0.1) is 18.3 Å². The van der Waals surface area contributed by atoms with E-state index in [2.05, 4.69) is 41.2 Å². The number of methoxy groups -OCH3 is 1. The van der Waals surface area contributed by atoms with Crippen molar-refractivity contribution in [2.24, 2.45) is 0 Å². The van der Waals surface area contributed by atoms with E-state index in [9.17, 15) is 0 Å². The van der Waals surface area contributed by atoms with Gasteiger partial charge in [-0.15, -0.1) is 0 Å². The number of hydrogen-bond acceptors (Lipinski definition) is 4. The van der Waals surface area contributed by atoms with Crippen LogP contribution >= 0.6 is 0 Å². The second-order valence-electron chi connectivity index (χ2n) is 10.8. The van der Waals surface area contributed by atoms with Gasteiger partial charge in [-0.1, -0.05) is 103 Å². The van der Waals surface area contributed by atoms with E-state index in [1.807, 2.05) is 18.3 Å². The molecule has 0 bridgehead atoms. The minimum Gasteiger partial charge on any atom is -0.497 e. The minimum atomic E-state index is 0.884. The fourth-order valence-electron chi connectivity index (χ4n) is 5.20. The second-order valence-corrected chi connectivity index (χ2v) is 10.8. The van der Waals surface area contributed by atoms with Gasteiger partial charge in [-0.3, -0.25) is 4.98 Å². The number of unbranched alkanes of at least 4 members (excludes halogenated alkanes) is 14. The van der Waals surface area contributed by atoms with Gasteiger partial charge in [-0.2, -0.15) is 0 Å². The van der Waals surface area contributed by atoms with Crippen LogP contribution in [0.5, 0.6) is 5.75 Å². The van der Waals surface area contributed by atoms with E-state index in [1.54, 1.807) is 7.11 Å². The smallest absolute Gasteiger partial charge is 0.121 e. The Morgan fingerprint density at radius 1 is 0.703 bits per heavy atom. The molecule has 0 amide bonds. The van der Waals surface area contributed by atoms with Gasteiger partial charge in [-0.05, 0) is 57.5 Å². The molecule has 0 saturated heterocycles. The molecule has 1 N–H and O–H groups in total. The number of ether oxygens (including phenoxy) is 1. The van der Waals surface area contributed by atoms with E-state index in [4.69, 9.17) is 4.74 Å². The van der Waals surface area contributed by atoms with E-state index in [0.717, 1.165) is 28.9 Å². The molecule has 0 spiro atoms. The largest absolute Gasteiger partial charge is 0.497 e. The van der Waals surface area contributed by atoms with Crippen LogP contribution in [0.25, 0.3) is 10.9 Å². The first-order valence-corrected chi connectivity index (χ1v) is 15.7. The quantitative estimate of drug-likeness (QED) is 0.142. The van der Waals surface area contributed by atoms with Gasteiger partial charge in [-0.25, -0.2) is 0 Å². The van der Waals surface area contributed by atoms with Crippen LogP contribution in [-0.2, 0) is 0 Å². The van der Waals surface area contributed by atoms with Gasteiger partial charge in [0.2, 0.25) is 0 Å². The summed E-state index contributed by atoms with van der Waals surface area (Å²) in [5.41, 5.74) is 2.11. The minimum absolute atomic E-state index is 0.884. The molecule has 210 valence electrons. The molecule has 1 aromatic heterocycles. The first-order valence-electron chi connectivity index (χ1n) is 15.7. The highest BCUT2D eigenvalue weighted by Crippen LogP contribution is 2.27. The van der Waals surface area contributed by atoms with Crippen molar-refractivity contribution in [1.29, 1.82) is 0 Å². The van der Waals surface area contributed by atoms with Gasteiger partial charge in [0, 0.05) is 24.2 Å². The zero-order valence-electron chi connectivity index (χ0n) is 24.5. The number of pyridine rings is 1. The Labute approximate surface area is 229 Å². The van der Waals surface area contributed by atoms with Crippen LogP contribution in [0, 0.1) is 0 Å². The Morgan fingerprint density at radius 2 is 1.24 bits per heavy atom. The Balaban J connectivity index is 1.48. The number of nitrogens with zero attached hydrogens (tertiary/aromatic N) is 2. The summed E-state index contributed by atoms with van der Waals surface area (Å²) in [6, 6.07) is 8.18. The molecule has 0 fully saturated rings. The maximum atomic E-state index is 5.46. The Morgan fingerprint density at radius 3 is 1.81 bits per heavy atom. The van der Waals surface area contributed by atoms with E-state index in [1.165, 1.54) is 129 Å². The molecule has 0 atom stereocenters. The first kappa shape index (κ1) is 31.4. The highest BCUT2D eigenvalue weighted by molar-refractivity contribution is 5.91. The zero-order valence-corrected chi connectivity index (χ0v) is 24.5. The van der Waals surface area contributed by atoms with Crippen molar-refractivity contribution >= 4 is 16.6 Å². The number of nitrogens with one attached hydrogen (secondary N) is 1. The van der Waals surface area contributed by atoms with E-state index < -0.39 is 0 Å². The monoisotopic (exact) mass is 511 g/mol. The molecular weight excluding hydrogens is 454 g/mol. The third-order valence-electron chi connectivity index (χ3n) is 7.54. The van der Waals surface area contributed by atoms with Crippen molar-refractivity contribution in [3.8, 4) is 5.75 Å². The third-order valence-corrected chi connectivity index (χ3v) is 7.54. The van der Waals surface area contributed by atoms with Gasteiger partial charge < -0.3 is 15.0 Å². The molecule has 37 heavy (non-hydrogen) atoms. The molecule has 0 unspecified atom stereocenters. The van der Waals surface area contributed by atoms with Crippen LogP contribution in [0.2, 0.25) is 0 Å². The molecule has 1 aromatic carbocycles. The van der Waals surface area contributed by atoms with Crippen LogP contribution in [-0.4, -0.2) is 43.2 Å². The molecule has 0 aliphatic heterocycles. The second kappa shape index (κ2) is 21.2. The average molecular weight is 512 g/mol. The zero-order chi connectivity index (χ0) is 26.4. The maximum Gasteiger partial charge on any atom is 0.121 e. The van der Waals surface area contributed by atoms with Crippen LogP contribution < -0.4 is 10.1 Å². The summed E-state index contributed by atoms with van der Waals surface area (Å²) in [7, 11) is 1.72. The van der Waals surface area contributed by atoms with Crippen molar-refractivity contribution in [2.45, 2.75) is 123 Å². The molecule has 0 radical (unpaired) electrons. The lowest BCUT2D eigenvalue weighted by Crippen LogP contribution is -2.27. The predicted octanol–water partition coefficient (Wildman–Crippen LogP) is 9.63. The van der Waals surface area contributed by atoms with Gasteiger partial charge in [0.1, 0.15) is 5.75 Å². The summed E-state index contributed by atoms with van der Waals surface area (Å²) in [4.78, 5) is 7.32. The summed E-state index contributed by atoms with van der Waals surface area (Å²) in [6.45, 7) is 9.58. The average Bonchev–Trinajstić information content (AvgIpc) is 2.93. The maximum absolute atomic E-state index is 5.46. The molecule has 0 saturated carbocycles. The van der Waals surface area contributed by atoms with Crippen molar-refractivity contribution in [2.75, 3.05) is 38.6 Å². The van der Waals surface area contributed by atoms with Gasteiger partial charge >= 0.3 is 0 Å². The number of aromatic nitrogens is 1. The van der Waals surface area contributed by atoms with E-state index in [-0.39, 0.29) is 0 Å². The normalized spacial score (nSPS) is 11.5. The van der Waals surface area contributed by atoms with Gasteiger partial charge in [0.25, 0.3) is 0 Å². The molecule has 4 heteroatoms. The van der Waals surface area contributed by atoms with Crippen molar-refractivity contribution < 1.29 is 4.74 Å². The lowest BCUT2D eigenvalue weighted by atomic mass is 10.1. The highest BCUT2D eigenvalue weighted by atomic mass is 16.5. The summed E-state index contributed by atoms with van der Waals surface area (Å²) in [5, 5.41) is 4.71. The third kappa shape index (κ3) is 14.1. The van der Waals surface area contributed by atoms with Crippen LogP contribution in [0.1, 0.15) is 123 Å². The molecular formula is C33H57N3O. The van der Waals surface area contributed by atoms with Gasteiger partial charge in [0.15, 0.2) is 0 Å². The Hall–Kier alpha value is -1.81. The first-order chi connectivity index (χ1) is 18.3. The van der Waals surface area contributed by atoms with E-state index >= 15 is 0 Å². The number of hydrogen-bond donors (Lipinski definition) is 1. The van der Waals surface area contributed by atoms with Crippen LogP contribution in [0.3, 0.4) is 0 Å². The molecule has 1 heterocycles. The van der Waals surface area contributed by atoms with E-state index in [0.29, 0.717) is 0 Å². The standard InChI is InChI=1S/C33H57N3O/c1-4-6-8-18-25-36(26-19-9-7-5-2)27-20-16-14-12-10-11-13-15-17-23-34-32-29-31(37-3)28-30-22-21-24-35-33(30)32/h21-22,24,28-29,34H,4-20,23,25-27H2,1-3H3. The molecule has 4 nitrogen and oxygen atoms in total. The molecule has 2 aromatic rings. The number of rotatable bonds is 24. The van der Waals surface area contributed by atoms with Crippen LogP contribution in [0.4, 0.5) is 5.69 Å². The van der Waals surface area contributed by atoms with Crippen LogP contribution in [0.15, 0.2) is 30.5 Å². The predicted molar refractivity (Wildman–Crippen MR) is 163 cm³/mol. The van der Waals surface area contributed by atoms with Crippen molar-refractivity contribution in [3.63, 3.8) is 0 Å². The lowest BCUT2D eigenvalue weighted by molar-refractivity contribution is 0.254. The molecule has 2 rings (SSSR count). The number of anilines is 1. The summed E-state index contributed by atoms with van der Waals surface area (Å²) >= 11 is 0. The molecule has 0 aliphatic rings. The fraction of sp³-hybridized carbons (Fsp3) is 0.727. The van der Waals surface area contributed by atoms with Crippen molar-refractivity contribution in [1.82, 2.24) is 9.88 Å². The summed E-state index contributed by atoms with van der Waals surface area (Å²) < 4.78 is 5.46. The van der Waals surface area contributed by atoms with Crippen molar-refractivity contribution in [3.05, 3.63) is 30.5 Å². The Bertz CT molecular complexity index is 797. The summed E-state index contributed by atoms with van der Waals surface area (Å²) in [5.74, 6) is 0.884. The Kier molecular flexibility index (Phi) is 18.0. The molecule has 0 aliphatic carbocycles. The lowest BCUT2D eigenvalue weighted by Gasteiger charge is -2.22. The highest BCUT2D eigenvalue weighted by Gasteiger charge is 2.06. The summed E-state index contributed by atoms with van der Waals surface area (Å²) in [6.07, 6.45) is 25.2. The fourth-order valence-corrected chi connectivity index (χ4v) is 5.20. The topological polar surface area (TPSA) is 37.4 Å². The number of fused-ring (bicyclic) bond motifs is 1. The SMILES string of the molecule is CCCCCCN(CCCCCC)CCCCCCCCCCCNc1cc(OC)cc2cccnc12.